The van der Waals surface area contributed by atoms with E-state index in [1.807, 2.05) is 54.6 Å². The molecule has 0 bridgehead atoms. The molecule has 0 unspecified atom stereocenters. The van der Waals surface area contributed by atoms with Gasteiger partial charge in [0.1, 0.15) is 23.3 Å². The van der Waals surface area contributed by atoms with Gasteiger partial charge in [-0.15, -0.1) is 0 Å². The lowest BCUT2D eigenvalue weighted by atomic mass is 9.93. The van der Waals surface area contributed by atoms with Crippen LogP contribution in [0.2, 0.25) is 0 Å². The van der Waals surface area contributed by atoms with Gasteiger partial charge in [-0.25, -0.2) is 0 Å². The number of fused-ring (bicyclic) bond motifs is 1. The van der Waals surface area contributed by atoms with Crippen LogP contribution in [0.4, 0.5) is 0 Å². The van der Waals surface area contributed by atoms with Gasteiger partial charge in [-0.2, -0.15) is 9.83 Å². The monoisotopic (exact) mass is 504 g/mol. The van der Waals surface area contributed by atoms with E-state index >= 15 is 0 Å². The number of nitrogens with zero attached hydrogens (tertiary/aromatic N) is 2. The minimum Gasteiger partial charge on any atom is -0.385 e. The van der Waals surface area contributed by atoms with Gasteiger partial charge in [-0.3, -0.25) is 4.62 Å². The minimum absolute atomic E-state index is 0.315. The second kappa shape index (κ2) is 10.8. The highest BCUT2D eigenvalue weighted by Gasteiger charge is 2.33. The molecule has 180 valence electrons. The average molecular weight is 504 g/mol. The Morgan fingerprint density at radius 3 is 1.89 bits per heavy atom. The van der Waals surface area contributed by atoms with Gasteiger partial charge in [0.05, 0.1) is 5.57 Å². The smallest absolute Gasteiger partial charge is 0.385 e. The maximum atomic E-state index is 13.4. The standard InChI is InChI=1S/C30H21N2O4P/c31-22-30(29-17-9-11-23-10-7-8-16-28(23)29)24-18-20-25(21-19-24)32-36-37(33,34-26-12-3-1-4-13-26)35-27-14-5-2-6-15-27/h1-21H. The Morgan fingerprint density at radius 1 is 0.703 bits per heavy atom. The molecule has 0 N–H and O–H groups in total. The lowest BCUT2D eigenvalue weighted by Gasteiger charge is -2.16. The Labute approximate surface area is 214 Å². The SMILES string of the molecule is N#CC(=C1C=CC(=NOP(=O)(Oc2ccccc2)Oc2ccccc2)C=C1)c1cccc2ccccc12. The topological polar surface area (TPSA) is 80.9 Å². The van der Waals surface area contributed by atoms with Crippen molar-refractivity contribution in [2.45, 2.75) is 0 Å². The fourth-order valence-electron chi connectivity index (χ4n) is 3.78. The van der Waals surface area contributed by atoms with E-state index in [4.69, 9.17) is 13.7 Å². The Kier molecular flexibility index (Phi) is 6.98. The van der Waals surface area contributed by atoms with E-state index in [9.17, 15) is 9.83 Å². The summed E-state index contributed by atoms with van der Waals surface area (Å²) in [6.07, 6.45) is 6.88. The van der Waals surface area contributed by atoms with Crippen molar-refractivity contribution < 1.29 is 18.2 Å². The van der Waals surface area contributed by atoms with Crippen molar-refractivity contribution in [1.29, 1.82) is 5.26 Å². The molecule has 0 atom stereocenters. The number of oxime groups is 1. The molecule has 6 nitrogen and oxygen atoms in total. The molecule has 1 aliphatic rings. The molecule has 0 aromatic heterocycles. The molecule has 7 heteroatoms. The Hall–Kier alpha value is -4.85. The number of benzene rings is 4. The summed E-state index contributed by atoms with van der Waals surface area (Å²) in [4.78, 5) is 0. The van der Waals surface area contributed by atoms with Gasteiger partial charge < -0.3 is 9.05 Å². The van der Waals surface area contributed by atoms with E-state index in [0.29, 0.717) is 22.8 Å². The predicted octanol–water partition coefficient (Wildman–Crippen LogP) is 7.88. The summed E-state index contributed by atoms with van der Waals surface area (Å²) in [6, 6.07) is 33.3. The molecule has 0 fully saturated rings. The van der Waals surface area contributed by atoms with Crippen LogP contribution in [0.3, 0.4) is 0 Å². The minimum atomic E-state index is -4.16. The molecule has 0 aliphatic heterocycles. The fraction of sp³-hybridized carbons (Fsp3) is 0. The van der Waals surface area contributed by atoms with Gasteiger partial charge >= 0.3 is 7.82 Å². The van der Waals surface area contributed by atoms with Crippen LogP contribution in [-0.2, 0) is 9.19 Å². The first-order valence-electron chi connectivity index (χ1n) is 11.5. The second-order valence-corrected chi connectivity index (χ2v) is 9.41. The summed E-state index contributed by atoms with van der Waals surface area (Å²) in [6.45, 7) is 0. The zero-order valence-electron chi connectivity index (χ0n) is 19.6. The zero-order chi connectivity index (χ0) is 25.5. The van der Waals surface area contributed by atoms with E-state index in [2.05, 4.69) is 11.2 Å². The molecular formula is C30H21N2O4P. The number of hydrogen-bond acceptors (Lipinski definition) is 6. The first-order valence-corrected chi connectivity index (χ1v) is 12.9. The van der Waals surface area contributed by atoms with Gasteiger partial charge in [0.25, 0.3) is 0 Å². The van der Waals surface area contributed by atoms with Gasteiger partial charge in [0, 0.05) is 5.56 Å². The fourth-order valence-corrected chi connectivity index (χ4v) is 4.84. The quantitative estimate of drug-likeness (QED) is 0.145. The van der Waals surface area contributed by atoms with Crippen molar-refractivity contribution in [3.63, 3.8) is 0 Å². The summed E-state index contributed by atoms with van der Waals surface area (Å²) < 4.78 is 30.0. The van der Waals surface area contributed by atoms with Crippen LogP contribution in [-0.4, -0.2) is 5.71 Å². The van der Waals surface area contributed by atoms with E-state index in [0.717, 1.165) is 21.9 Å². The maximum Gasteiger partial charge on any atom is 0.668 e. The summed E-state index contributed by atoms with van der Waals surface area (Å²) >= 11 is 0. The molecule has 4 aromatic carbocycles. The third-order valence-corrected chi connectivity index (χ3v) is 6.64. The average Bonchev–Trinajstić information content (AvgIpc) is 2.94. The molecule has 0 radical (unpaired) electrons. The molecule has 0 spiro atoms. The molecule has 5 rings (SSSR count). The van der Waals surface area contributed by atoms with E-state index in [-0.39, 0.29) is 0 Å². The molecule has 1 aliphatic carbocycles. The lowest BCUT2D eigenvalue weighted by Crippen LogP contribution is -2.04. The largest absolute Gasteiger partial charge is 0.668 e. The van der Waals surface area contributed by atoms with E-state index < -0.39 is 7.82 Å². The Morgan fingerprint density at radius 2 is 1.27 bits per heavy atom. The number of nitriles is 1. The third-order valence-electron chi connectivity index (χ3n) is 5.49. The number of phosphoric ester groups is 1. The van der Waals surface area contributed by atoms with Crippen molar-refractivity contribution in [3.05, 3.63) is 139 Å². The van der Waals surface area contributed by atoms with Crippen LogP contribution in [0.5, 0.6) is 11.5 Å². The Bertz CT molecular complexity index is 1570. The molecule has 0 amide bonds. The number of rotatable bonds is 7. The van der Waals surface area contributed by atoms with Crippen LogP contribution in [0, 0.1) is 11.3 Å². The summed E-state index contributed by atoms with van der Waals surface area (Å²) in [7, 11) is -4.16. The maximum absolute atomic E-state index is 13.4. The van der Waals surface area contributed by atoms with Crippen molar-refractivity contribution in [3.8, 4) is 17.6 Å². The van der Waals surface area contributed by atoms with Crippen LogP contribution in [0.1, 0.15) is 5.56 Å². The van der Waals surface area contributed by atoms with Crippen LogP contribution in [0.15, 0.2) is 138 Å². The third kappa shape index (κ3) is 5.70. The summed E-state index contributed by atoms with van der Waals surface area (Å²) in [5.74, 6) is 0.631. The predicted molar refractivity (Wildman–Crippen MR) is 145 cm³/mol. The number of hydrogen-bond donors (Lipinski definition) is 0. The highest BCUT2D eigenvalue weighted by atomic mass is 31.2. The van der Waals surface area contributed by atoms with Crippen molar-refractivity contribution in [2.75, 3.05) is 0 Å². The number of para-hydroxylation sites is 2. The van der Waals surface area contributed by atoms with Crippen molar-refractivity contribution in [1.82, 2.24) is 0 Å². The van der Waals surface area contributed by atoms with Crippen LogP contribution >= 0.6 is 7.82 Å². The molecule has 0 saturated carbocycles. The Balaban J connectivity index is 1.40. The molecular weight excluding hydrogens is 483 g/mol. The number of phosphoric acid groups is 1. The van der Waals surface area contributed by atoms with Gasteiger partial charge in [-0.05, 0) is 52.8 Å². The van der Waals surface area contributed by atoms with Crippen molar-refractivity contribution in [2.24, 2.45) is 5.16 Å². The summed E-state index contributed by atoms with van der Waals surface area (Å²) in [5.41, 5.74) is 2.49. The van der Waals surface area contributed by atoms with Gasteiger partial charge in [0.15, 0.2) is 0 Å². The zero-order valence-corrected chi connectivity index (χ0v) is 20.5. The second-order valence-electron chi connectivity index (χ2n) is 7.99. The first-order chi connectivity index (χ1) is 18.1. The van der Waals surface area contributed by atoms with E-state index in [1.165, 1.54) is 0 Å². The lowest BCUT2D eigenvalue weighted by molar-refractivity contribution is 0.218. The van der Waals surface area contributed by atoms with Crippen LogP contribution < -0.4 is 9.05 Å². The number of allylic oxidation sites excluding steroid dienone is 6. The first kappa shape index (κ1) is 23.9. The van der Waals surface area contributed by atoms with Crippen LogP contribution in [0.25, 0.3) is 16.3 Å². The highest BCUT2D eigenvalue weighted by Crippen LogP contribution is 2.50. The molecule has 0 heterocycles. The summed E-state index contributed by atoms with van der Waals surface area (Å²) in [5, 5.41) is 16.0. The highest BCUT2D eigenvalue weighted by molar-refractivity contribution is 7.49. The molecule has 37 heavy (non-hydrogen) atoms. The van der Waals surface area contributed by atoms with Crippen molar-refractivity contribution >= 4 is 29.9 Å². The van der Waals surface area contributed by atoms with E-state index in [1.54, 1.807) is 72.8 Å². The van der Waals surface area contributed by atoms with Gasteiger partial charge in [-0.1, -0.05) is 96.2 Å². The molecule has 0 saturated heterocycles. The van der Waals surface area contributed by atoms with Gasteiger partial charge in [0.2, 0.25) is 0 Å². The normalized spacial score (nSPS) is 12.6. The molecule has 4 aromatic rings.